The minimum Gasteiger partial charge on any atom is -0.371 e. The molecule has 0 radical (unpaired) electrons. The molecule has 0 atom stereocenters. The first-order valence-electron chi connectivity index (χ1n) is 10.4. The van der Waals surface area contributed by atoms with E-state index in [-0.39, 0.29) is 11.8 Å². The van der Waals surface area contributed by atoms with E-state index in [1.54, 1.807) is 12.3 Å². The molecule has 29 heavy (non-hydrogen) atoms. The van der Waals surface area contributed by atoms with Crippen LogP contribution in [-0.2, 0) is 6.54 Å². The van der Waals surface area contributed by atoms with Gasteiger partial charge in [0.15, 0.2) is 5.78 Å². The molecule has 7 nitrogen and oxygen atoms in total. The van der Waals surface area contributed by atoms with Crippen molar-refractivity contribution < 1.29 is 9.59 Å². The molecule has 0 N–H and O–H groups in total. The fraction of sp³-hybridized carbons (Fsp3) is 0.500. The molecule has 0 spiro atoms. The zero-order valence-corrected chi connectivity index (χ0v) is 17.3. The third-order valence-corrected chi connectivity index (χ3v) is 5.93. The summed E-state index contributed by atoms with van der Waals surface area (Å²) >= 11 is 0. The van der Waals surface area contributed by atoms with Crippen LogP contribution >= 0.6 is 0 Å². The number of benzene rings is 1. The summed E-state index contributed by atoms with van der Waals surface area (Å²) in [6.45, 7) is 9.85. The maximum Gasteiger partial charge on any atom is 0.344 e. The quantitative estimate of drug-likeness (QED) is 0.745. The van der Waals surface area contributed by atoms with Gasteiger partial charge in [-0.25, -0.2) is 4.79 Å². The van der Waals surface area contributed by atoms with Gasteiger partial charge in [0.1, 0.15) is 5.69 Å². The Kier molecular flexibility index (Phi) is 5.67. The second-order valence-electron chi connectivity index (χ2n) is 8.02. The summed E-state index contributed by atoms with van der Waals surface area (Å²) in [4.78, 5) is 30.8. The topological polar surface area (TPSA) is 61.7 Å². The van der Waals surface area contributed by atoms with Crippen molar-refractivity contribution in [3.05, 3.63) is 47.3 Å². The average Bonchev–Trinajstić information content (AvgIpc) is 3.40. The number of rotatable bonds is 4. The summed E-state index contributed by atoms with van der Waals surface area (Å²) in [6.07, 6.45) is 4.11. The van der Waals surface area contributed by atoms with E-state index in [2.05, 4.69) is 40.0 Å². The number of anilines is 1. The lowest BCUT2D eigenvalue weighted by Gasteiger charge is -2.35. The zero-order valence-electron chi connectivity index (χ0n) is 17.3. The molecule has 7 heteroatoms. The molecule has 4 rings (SSSR count). The maximum atomic E-state index is 12.7. The predicted octanol–water partition coefficient (Wildman–Crippen LogP) is 2.78. The van der Waals surface area contributed by atoms with Crippen LogP contribution in [0.5, 0.6) is 0 Å². The van der Waals surface area contributed by atoms with Crippen LogP contribution in [0.3, 0.4) is 0 Å². The molecule has 2 aliphatic rings. The highest BCUT2D eigenvalue weighted by Gasteiger charge is 2.25. The normalized spacial score (nSPS) is 17.7. The molecular formula is C22H29N5O2. The number of aryl methyl sites for hydroxylation is 1. The predicted molar refractivity (Wildman–Crippen MR) is 113 cm³/mol. The number of carbonyl (C=O) groups is 2. The molecule has 0 unspecified atom stereocenters. The van der Waals surface area contributed by atoms with Gasteiger partial charge in [-0.1, -0.05) is 18.2 Å². The molecule has 2 saturated heterocycles. The summed E-state index contributed by atoms with van der Waals surface area (Å²) in [5.41, 5.74) is 4.45. The van der Waals surface area contributed by atoms with Crippen LogP contribution in [0.15, 0.2) is 30.5 Å². The molecule has 1 aromatic heterocycles. The highest BCUT2D eigenvalue weighted by molar-refractivity contribution is 5.92. The highest BCUT2D eigenvalue weighted by Crippen LogP contribution is 2.29. The Hall–Kier alpha value is -2.67. The van der Waals surface area contributed by atoms with E-state index in [0.29, 0.717) is 18.8 Å². The van der Waals surface area contributed by atoms with E-state index in [1.807, 2.05) is 4.90 Å². The highest BCUT2D eigenvalue weighted by atomic mass is 16.2. The molecule has 154 valence electrons. The Morgan fingerprint density at radius 2 is 1.72 bits per heavy atom. The van der Waals surface area contributed by atoms with Crippen LogP contribution in [0.2, 0.25) is 0 Å². The first-order valence-corrected chi connectivity index (χ1v) is 10.4. The van der Waals surface area contributed by atoms with E-state index >= 15 is 0 Å². The van der Waals surface area contributed by atoms with Gasteiger partial charge < -0.3 is 9.80 Å². The molecule has 3 heterocycles. The Balaban J connectivity index is 1.38. The van der Waals surface area contributed by atoms with Crippen LogP contribution in [0.25, 0.3) is 0 Å². The van der Waals surface area contributed by atoms with Gasteiger partial charge in [0, 0.05) is 64.6 Å². The molecule has 1 amide bonds. The summed E-state index contributed by atoms with van der Waals surface area (Å²) in [6, 6.07) is 8.02. The van der Waals surface area contributed by atoms with Crippen molar-refractivity contribution in [2.75, 3.05) is 44.2 Å². The second kappa shape index (κ2) is 8.37. The van der Waals surface area contributed by atoms with Crippen LogP contribution < -0.4 is 4.90 Å². The van der Waals surface area contributed by atoms with E-state index in [0.717, 1.165) is 32.7 Å². The largest absolute Gasteiger partial charge is 0.371 e. The lowest BCUT2D eigenvalue weighted by Crippen LogP contribution is -2.49. The van der Waals surface area contributed by atoms with E-state index < -0.39 is 0 Å². The van der Waals surface area contributed by atoms with Crippen LogP contribution in [0.4, 0.5) is 10.5 Å². The number of aromatic nitrogens is 2. The Bertz CT molecular complexity index is 892. The van der Waals surface area contributed by atoms with E-state index in [1.165, 1.54) is 41.3 Å². The molecule has 1 aromatic carbocycles. The van der Waals surface area contributed by atoms with Gasteiger partial charge in [0.2, 0.25) is 0 Å². The lowest BCUT2D eigenvalue weighted by molar-refractivity contribution is 0.101. The van der Waals surface area contributed by atoms with Gasteiger partial charge in [0.05, 0.1) is 0 Å². The van der Waals surface area contributed by atoms with Crippen molar-refractivity contribution in [1.29, 1.82) is 0 Å². The monoisotopic (exact) mass is 395 g/mol. The number of ketones is 1. The summed E-state index contributed by atoms with van der Waals surface area (Å²) in [5.74, 6) is -0.131. The molecular weight excluding hydrogens is 366 g/mol. The number of Topliss-reactive ketones (excluding diaryl/α,β-unsaturated/α-hetero) is 1. The third-order valence-electron chi connectivity index (χ3n) is 5.93. The maximum absolute atomic E-state index is 12.7. The second-order valence-corrected chi connectivity index (χ2v) is 8.02. The number of amides is 1. The van der Waals surface area contributed by atoms with Gasteiger partial charge >= 0.3 is 6.03 Å². The third kappa shape index (κ3) is 4.19. The smallest absolute Gasteiger partial charge is 0.344 e. The van der Waals surface area contributed by atoms with Crippen LogP contribution in [0.1, 0.15) is 41.4 Å². The number of carbonyl (C=O) groups excluding carboxylic acids is 2. The Morgan fingerprint density at radius 3 is 2.38 bits per heavy atom. The number of hydrogen-bond acceptors (Lipinski definition) is 5. The fourth-order valence-electron chi connectivity index (χ4n) is 4.34. The molecule has 2 aliphatic heterocycles. The van der Waals surface area contributed by atoms with E-state index in [4.69, 9.17) is 0 Å². The number of para-hydroxylation sites is 1. The number of piperazine rings is 1. The van der Waals surface area contributed by atoms with Crippen molar-refractivity contribution in [1.82, 2.24) is 19.6 Å². The summed E-state index contributed by atoms with van der Waals surface area (Å²) in [7, 11) is 0. The van der Waals surface area contributed by atoms with Crippen molar-refractivity contribution >= 4 is 17.5 Å². The average molecular weight is 396 g/mol. The van der Waals surface area contributed by atoms with Gasteiger partial charge in [-0.2, -0.15) is 9.78 Å². The zero-order chi connectivity index (χ0) is 20.4. The summed E-state index contributed by atoms with van der Waals surface area (Å²) in [5, 5.41) is 4.09. The standard InChI is InChI=1S/C22H29N5O2/c1-17-6-5-7-19(21(17)25-9-3-4-10-25)16-24-12-14-26(15-13-24)22(29)27-11-8-20(23-27)18(2)28/h5-8,11H,3-4,9-10,12-16H2,1-2H3. The van der Waals surface area contributed by atoms with E-state index in [9.17, 15) is 9.59 Å². The SMILES string of the molecule is CC(=O)c1ccn(C(=O)N2CCN(Cc3cccc(C)c3N3CCCC3)CC2)n1. The minimum atomic E-state index is -0.162. The van der Waals surface area contributed by atoms with Crippen molar-refractivity contribution in [3.8, 4) is 0 Å². The lowest BCUT2D eigenvalue weighted by atomic mass is 10.1. The molecule has 2 aromatic rings. The Morgan fingerprint density at radius 1 is 1.00 bits per heavy atom. The first-order chi connectivity index (χ1) is 14.0. The first kappa shape index (κ1) is 19.6. The van der Waals surface area contributed by atoms with Crippen molar-refractivity contribution in [3.63, 3.8) is 0 Å². The van der Waals surface area contributed by atoms with Gasteiger partial charge in [-0.05, 0) is 37.0 Å². The molecule has 0 bridgehead atoms. The minimum absolute atomic E-state index is 0.131. The fourth-order valence-corrected chi connectivity index (χ4v) is 4.34. The van der Waals surface area contributed by atoms with Gasteiger partial charge in [-0.3, -0.25) is 9.69 Å². The number of hydrogen-bond donors (Lipinski definition) is 0. The Labute approximate surface area is 171 Å². The van der Waals surface area contributed by atoms with Gasteiger partial charge in [-0.15, -0.1) is 0 Å². The number of nitrogens with zero attached hydrogens (tertiary/aromatic N) is 5. The van der Waals surface area contributed by atoms with Crippen LogP contribution in [-0.4, -0.2) is 70.7 Å². The van der Waals surface area contributed by atoms with Crippen molar-refractivity contribution in [2.24, 2.45) is 0 Å². The summed E-state index contributed by atoms with van der Waals surface area (Å²) < 4.78 is 1.28. The molecule has 0 saturated carbocycles. The van der Waals surface area contributed by atoms with Crippen LogP contribution in [0, 0.1) is 6.92 Å². The van der Waals surface area contributed by atoms with Gasteiger partial charge in [0.25, 0.3) is 0 Å². The molecule has 0 aliphatic carbocycles. The van der Waals surface area contributed by atoms with Crippen molar-refractivity contribution in [2.45, 2.75) is 33.2 Å². The molecule has 2 fully saturated rings.